The molecule has 6 heteroatoms. The summed E-state index contributed by atoms with van der Waals surface area (Å²) in [5, 5.41) is 23.1. The Balaban J connectivity index is 3.36. The molecule has 0 radical (unpaired) electrons. The van der Waals surface area contributed by atoms with Gasteiger partial charge in [-0.3, -0.25) is 9.59 Å². The second-order valence-corrected chi connectivity index (χ2v) is 22.8. The lowest BCUT2D eigenvalue weighted by molar-refractivity contribution is -0.143. The van der Waals surface area contributed by atoms with E-state index >= 15 is 0 Å². The minimum absolute atomic E-state index is 0.0183. The molecule has 3 N–H and O–H groups in total. The number of rotatable bonds is 62. The van der Waals surface area contributed by atoms with Crippen LogP contribution in [0, 0.1) is 0 Å². The summed E-state index contributed by atoms with van der Waals surface area (Å²) in [4.78, 5) is 24.6. The van der Waals surface area contributed by atoms with Gasteiger partial charge in [-0.15, -0.1) is 0 Å². The van der Waals surface area contributed by atoms with Crippen molar-refractivity contribution in [3.63, 3.8) is 0 Å². The van der Waals surface area contributed by atoms with Gasteiger partial charge in [0.05, 0.1) is 25.4 Å². The maximum Gasteiger partial charge on any atom is 0.305 e. The Kier molecular flexibility index (Phi) is 60.9. The summed E-state index contributed by atoms with van der Waals surface area (Å²) in [5.74, 6) is -0.0476. The van der Waals surface area contributed by atoms with Crippen LogP contribution in [-0.2, 0) is 14.3 Å². The van der Waals surface area contributed by atoms with Gasteiger partial charge in [0.15, 0.2) is 0 Å². The van der Waals surface area contributed by atoms with Crippen molar-refractivity contribution in [3.05, 3.63) is 12.2 Å². The van der Waals surface area contributed by atoms with Crippen LogP contribution in [0.15, 0.2) is 12.2 Å². The quantitative estimate of drug-likeness (QED) is 0.0320. The predicted molar refractivity (Wildman–Crippen MR) is 315 cm³/mol. The van der Waals surface area contributed by atoms with E-state index in [9.17, 15) is 19.8 Å². The van der Waals surface area contributed by atoms with E-state index in [0.29, 0.717) is 19.4 Å². The maximum atomic E-state index is 12.5. The molecule has 2 atom stereocenters. The molecule has 1 amide bonds. The van der Waals surface area contributed by atoms with Gasteiger partial charge in [0, 0.05) is 12.8 Å². The first kappa shape index (κ1) is 70.6. The molecular formula is C66H129NO5. The van der Waals surface area contributed by atoms with Crippen LogP contribution in [-0.4, -0.2) is 47.4 Å². The van der Waals surface area contributed by atoms with E-state index in [2.05, 4.69) is 19.2 Å². The lowest BCUT2D eigenvalue weighted by Gasteiger charge is -2.20. The van der Waals surface area contributed by atoms with Gasteiger partial charge < -0.3 is 20.3 Å². The normalized spacial score (nSPS) is 12.6. The van der Waals surface area contributed by atoms with Crippen molar-refractivity contribution in [1.29, 1.82) is 0 Å². The number of carbonyl (C=O) groups is 2. The molecule has 0 aliphatic carbocycles. The number of unbranched alkanes of at least 4 members (excludes halogenated alkanes) is 51. The fourth-order valence-electron chi connectivity index (χ4n) is 10.5. The first-order chi connectivity index (χ1) is 35.5. The fourth-order valence-corrected chi connectivity index (χ4v) is 10.5. The Morgan fingerprint density at radius 1 is 0.375 bits per heavy atom. The van der Waals surface area contributed by atoms with Gasteiger partial charge in [0.25, 0.3) is 0 Å². The van der Waals surface area contributed by atoms with E-state index < -0.39 is 12.1 Å². The van der Waals surface area contributed by atoms with Crippen molar-refractivity contribution in [2.24, 2.45) is 0 Å². The largest absolute Gasteiger partial charge is 0.466 e. The van der Waals surface area contributed by atoms with Gasteiger partial charge in [-0.2, -0.15) is 0 Å². The molecule has 2 unspecified atom stereocenters. The first-order valence-corrected chi connectivity index (χ1v) is 33.0. The van der Waals surface area contributed by atoms with Gasteiger partial charge in [-0.25, -0.2) is 0 Å². The molecule has 0 rings (SSSR count). The summed E-state index contributed by atoms with van der Waals surface area (Å²) in [6, 6.07) is -0.627. The van der Waals surface area contributed by atoms with Crippen LogP contribution in [0.25, 0.3) is 0 Å². The highest BCUT2D eigenvalue weighted by Crippen LogP contribution is 2.19. The number of aliphatic hydroxyl groups excluding tert-OH is 2. The third-order valence-electron chi connectivity index (χ3n) is 15.6. The molecule has 72 heavy (non-hydrogen) atoms. The van der Waals surface area contributed by atoms with Crippen molar-refractivity contribution in [1.82, 2.24) is 5.32 Å². The van der Waals surface area contributed by atoms with Gasteiger partial charge in [0.2, 0.25) is 5.91 Å². The zero-order valence-corrected chi connectivity index (χ0v) is 48.9. The minimum atomic E-state index is -0.843. The zero-order valence-electron chi connectivity index (χ0n) is 48.9. The van der Waals surface area contributed by atoms with E-state index in [0.717, 1.165) is 38.5 Å². The first-order valence-electron chi connectivity index (χ1n) is 33.0. The topological polar surface area (TPSA) is 95.9 Å². The molecule has 0 heterocycles. The number of esters is 1. The molecule has 0 spiro atoms. The zero-order chi connectivity index (χ0) is 52.2. The van der Waals surface area contributed by atoms with Crippen LogP contribution in [0.2, 0.25) is 0 Å². The van der Waals surface area contributed by atoms with Gasteiger partial charge in [0.1, 0.15) is 0 Å². The average Bonchev–Trinajstić information content (AvgIpc) is 3.38. The summed E-state index contributed by atoms with van der Waals surface area (Å²) in [6.45, 7) is 4.94. The van der Waals surface area contributed by atoms with E-state index in [1.54, 1.807) is 6.08 Å². The average molecular weight is 1020 g/mol. The predicted octanol–water partition coefficient (Wildman–Crippen LogP) is 20.8. The number of aliphatic hydroxyl groups is 2. The van der Waals surface area contributed by atoms with Crippen LogP contribution in [0.5, 0.6) is 0 Å². The number of hydrogen-bond acceptors (Lipinski definition) is 5. The highest BCUT2D eigenvalue weighted by Gasteiger charge is 2.18. The van der Waals surface area contributed by atoms with E-state index in [1.807, 2.05) is 6.08 Å². The molecule has 0 aromatic carbocycles. The van der Waals surface area contributed by atoms with E-state index in [4.69, 9.17) is 4.74 Å². The molecule has 0 aromatic rings. The SMILES string of the molecule is CCCCCCCCCCCCCC/C=C/C(O)C(CO)NC(=O)CCCCCCCCCCCCCCCCCCCCCCCCOC(=O)CCCCCCCCCCCCCCCCCCCCC. The summed E-state index contributed by atoms with van der Waals surface area (Å²) >= 11 is 0. The summed E-state index contributed by atoms with van der Waals surface area (Å²) in [7, 11) is 0. The summed E-state index contributed by atoms with van der Waals surface area (Å²) in [5.41, 5.74) is 0. The Morgan fingerprint density at radius 3 is 0.944 bits per heavy atom. The second kappa shape index (κ2) is 62.1. The Morgan fingerprint density at radius 2 is 0.639 bits per heavy atom. The van der Waals surface area contributed by atoms with Crippen molar-refractivity contribution < 1.29 is 24.5 Å². The van der Waals surface area contributed by atoms with Gasteiger partial charge in [-0.05, 0) is 32.1 Å². The Hall–Kier alpha value is -1.40. The molecule has 0 saturated heterocycles. The summed E-state index contributed by atoms with van der Waals surface area (Å²) in [6.07, 6.45) is 75.5. The smallest absolute Gasteiger partial charge is 0.305 e. The molecule has 6 nitrogen and oxygen atoms in total. The lowest BCUT2D eigenvalue weighted by atomic mass is 10.0. The number of carbonyl (C=O) groups excluding carboxylic acids is 2. The molecule has 0 fully saturated rings. The van der Waals surface area contributed by atoms with Crippen molar-refractivity contribution in [3.8, 4) is 0 Å². The molecule has 0 aliphatic heterocycles. The third-order valence-corrected chi connectivity index (χ3v) is 15.6. The summed E-state index contributed by atoms with van der Waals surface area (Å²) < 4.78 is 5.51. The van der Waals surface area contributed by atoms with Crippen LogP contribution in [0.4, 0.5) is 0 Å². The Labute approximate surface area is 450 Å². The molecule has 0 saturated carbocycles. The maximum absolute atomic E-state index is 12.5. The van der Waals surface area contributed by atoms with Gasteiger partial charge in [-0.1, -0.05) is 341 Å². The number of allylic oxidation sites excluding steroid dienone is 1. The molecule has 0 aliphatic rings. The monoisotopic (exact) mass is 1020 g/mol. The van der Waals surface area contributed by atoms with Crippen LogP contribution < -0.4 is 5.32 Å². The number of ether oxygens (including phenoxy) is 1. The molecule has 428 valence electrons. The molecule has 0 aromatic heterocycles. The lowest BCUT2D eigenvalue weighted by Crippen LogP contribution is -2.45. The van der Waals surface area contributed by atoms with Crippen LogP contribution in [0.1, 0.15) is 373 Å². The van der Waals surface area contributed by atoms with E-state index in [-0.39, 0.29) is 18.5 Å². The number of amides is 1. The van der Waals surface area contributed by atoms with E-state index in [1.165, 1.54) is 308 Å². The Bertz CT molecular complexity index is 1080. The highest BCUT2D eigenvalue weighted by atomic mass is 16.5. The number of nitrogens with one attached hydrogen (secondary N) is 1. The fraction of sp³-hybridized carbons (Fsp3) is 0.939. The van der Waals surface area contributed by atoms with Crippen molar-refractivity contribution >= 4 is 11.9 Å². The van der Waals surface area contributed by atoms with Crippen molar-refractivity contribution in [2.45, 2.75) is 386 Å². The molecule has 0 bridgehead atoms. The van der Waals surface area contributed by atoms with Gasteiger partial charge >= 0.3 is 5.97 Å². The third kappa shape index (κ3) is 57.9. The standard InChI is InChI=1S/C66H129NO5/c1-3-5-7-9-11-13-15-17-19-20-25-29-32-36-40-44-48-52-56-60-66(71)72-61-57-53-49-45-41-37-33-30-27-24-22-21-23-26-28-31-35-39-43-47-51-55-59-65(70)67-63(62-68)64(69)58-54-50-46-42-38-34-18-16-14-12-10-8-6-4-2/h54,58,63-64,68-69H,3-53,55-57,59-62H2,1-2H3,(H,67,70)/b58-54+. The van der Waals surface area contributed by atoms with Crippen LogP contribution in [0.3, 0.4) is 0 Å². The highest BCUT2D eigenvalue weighted by molar-refractivity contribution is 5.76. The second-order valence-electron chi connectivity index (χ2n) is 22.8. The molecular weight excluding hydrogens is 887 g/mol. The van der Waals surface area contributed by atoms with Crippen molar-refractivity contribution in [2.75, 3.05) is 13.2 Å². The number of hydrogen-bond donors (Lipinski definition) is 3. The van der Waals surface area contributed by atoms with Crippen LogP contribution >= 0.6 is 0 Å². The minimum Gasteiger partial charge on any atom is -0.466 e.